The molecule has 0 aliphatic carbocycles. The van der Waals surface area contributed by atoms with Gasteiger partial charge < -0.3 is 18.9 Å². The third kappa shape index (κ3) is 10.5. The summed E-state index contributed by atoms with van der Waals surface area (Å²) in [6, 6.07) is 24.5. The van der Waals surface area contributed by atoms with Gasteiger partial charge in [0.25, 0.3) is 0 Å². The average molecular weight is 700 g/mol. The normalized spacial score (nSPS) is 11.8. The minimum Gasteiger partial charge on any atom is -0.488 e. The Morgan fingerprint density at radius 3 is 2.04 bits per heavy atom. The van der Waals surface area contributed by atoms with Crippen LogP contribution in [-0.4, -0.2) is 40.9 Å². The third-order valence-corrected chi connectivity index (χ3v) is 7.80. The Bertz CT molecular complexity index is 1960. The summed E-state index contributed by atoms with van der Waals surface area (Å²) in [4.78, 5) is 30.3. The van der Waals surface area contributed by atoms with Crippen molar-refractivity contribution in [3.05, 3.63) is 112 Å². The van der Waals surface area contributed by atoms with Gasteiger partial charge in [0.1, 0.15) is 28.5 Å². The molecule has 0 aliphatic rings. The van der Waals surface area contributed by atoms with Gasteiger partial charge in [0.2, 0.25) is 5.13 Å². The lowest BCUT2D eigenvalue weighted by atomic mass is 10.1. The van der Waals surface area contributed by atoms with E-state index in [0.29, 0.717) is 50.5 Å². The van der Waals surface area contributed by atoms with Crippen LogP contribution in [0.2, 0.25) is 5.02 Å². The fourth-order valence-electron chi connectivity index (χ4n) is 4.58. The number of anilines is 1. The highest BCUT2D eigenvalue weighted by atomic mass is 35.5. The van der Waals surface area contributed by atoms with E-state index in [-0.39, 0.29) is 17.8 Å². The van der Waals surface area contributed by atoms with Crippen LogP contribution in [0.15, 0.2) is 90.0 Å². The zero-order valence-electron chi connectivity index (χ0n) is 28.2. The molecule has 1 N–H and O–H groups in total. The van der Waals surface area contributed by atoms with Crippen molar-refractivity contribution in [2.45, 2.75) is 59.2 Å². The Labute approximate surface area is 294 Å². The van der Waals surface area contributed by atoms with Crippen molar-refractivity contribution < 1.29 is 28.5 Å². The van der Waals surface area contributed by atoms with E-state index in [0.717, 1.165) is 15.8 Å². The molecule has 0 aliphatic heterocycles. The molecule has 9 nitrogen and oxygen atoms in total. The zero-order chi connectivity index (χ0) is 35.2. The maximum absolute atomic E-state index is 13.1. The van der Waals surface area contributed by atoms with E-state index >= 15 is 0 Å². The summed E-state index contributed by atoms with van der Waals surface area (Å²) in [7, 11) is 0. The van der Waals surface area contributed by atoms with Crippen LogP contribution in [0, 0.1) is 0 Å². The summed E-state index contributed by atoms with van der Waals surface area (Å²) in [6.45, 7) is 11.9. The van der Waals surface area contributed by atoms with Gasteiger partial charge in [0.15, 0.2) is 0 Å². The van der Waals surface area contributed by atoms with Crippen LogP contribution in [0.25, 0.3) is 10.2 Å². The molecule has 0 saturated heterocycles. The number of ether oxygens (including phenoxy) is 4. The van der Waals surface area contributed by atoms with E-state index in [1.165, 1.54) is 11.3 Å². The average Bonchev–Trinajstić information content (AvgIpc) is 3.43. The quantitative estimate of drug-likeness (QED) is 0.0629. The number of hydrogen-bond donors (Lipinski definition) is 1. The Morgan fingerprint density at radius 1 is 0.816 bits per heavy atom. The largest absolute Gasteiger partial charge is 0.488 e. The fourth-order valence-corrected chi connectivity index (χ4v) is 5.67. The van der Waals surface area contributed by atoms with Crippen LogP contribution in [0.1, 0.15) is 73.4 Å². The highest BCUT2D eigenvalue weighted by Crippen LogP contribution is 2.29. The maximum Gasteiger partial charge on any atom is 0.343 e. The molecule has 5 aromatic rings. The summed E-state index contributed by atoms with van der Waals surface area (Å²) in [5, 5.41) is 5.57. The van der Waals surface area contributed by atoms with Crippen molar-refractivity contribution >= 4 is 56.4 Å². The Kier molecular flexibility index (Phi) is 10.9. The molecule has 0 saturated carbocycles. The third-order valence-electron chi connectivity index (χ3n) is 6.64. The number of carbonyl (C=O) groups is 2. The molecule has 1 aromatic heterocycles. The molecule has 0 amide bonds. The Hall–Kier alpha value is -4.93. The van der Waals surface area contributed by atoms with E-state index in [4.69, 9.17) is 30.5 Å². The molecule has 49 heavy (non-hydrogen) atoms. The number of thiazole rings is 1. The van der Waals surface area contributed by atoms with Gasteiger partial charge in [-0.05, 0) is 126 Å². The van der Waals surface area contributed by atoms with Gasteiger partial charge in [0, 0.05) is 17.0 Å². The summed E-state index contributed by atoms with van der Waals surface area (Å²) in [5.74, 6) is 0.660. The molecule has 1 heterocycles. The number of halogens is 1. The van der Waals surface area contributed by atoms with Crippen LogP contribution in [0.3, 0.4) is 0 Å². The first-order valence-electron chi connectivity index (χ1n) is 15.7. The summed E-state index contributed by atoms with van der Waals surface area (Å²) < 4.78 is 24.0. The predicted octanol–water partition coefficient (Wildman–Crippen LogP) is 9.37. The number of benzene rings is 4. The number of rotatable bonds is 11. The van der Waals surface area contributed by atoms with Crippen molar-refractivity contribution in [1.29, 1.82) is 0 Å². The van der Waals surface area contributed by atoms with Gasteiger partial charge >= 0.3 is 11.9 Å². The minimum atomic E-state index is -0.534. The van der Waals surface area contributed by atoms with Gasteiger partial charge in [-0.25, -0.2) is 14.6 Å². The van der Waals surface area contributed by atoms with E-state index in [1.807, 2.05) is 65.8 Å². The highest BCUT2D eigenvalue weighted by Gasteiger charge is 2.16. The smallest absolute Gasteiger partial charge is 0.343 e. The molecule has 0 radical (unpaired) electrons. The molecule has 0 bridgehead atoms. The molecule has 5 rings (SSSR count). The van der Waals surface area contributed by atoms with Crippen LogP contribution < -0.4 is 19.6 Å². The highest BCUT2D eigenvalue weighted by molar-refractivity contribution is 7.22. The summed E-state index contributed by atoms with van der Waals surface area (Å²) >= 11 is 7.53. The second-order valence-electron chi connectivity index (χ2n) is 13.1. The monoisotopic (exact) mass is 699 g/mol. The number of nitrogens with zero attached hydrogens (tertiary/aromatic N) is 2. The Balaban J connectivity index is 1.28. The Morgan fingerprint density at radius 2 is 1.43 bits per heavy atom. The zero-order valence-corrected chi connectivity index (χ0v) is 29.8. The molecule has 0 fully saturated rings. The number of aromatic nitrogens is 1. The topological polar surface area (TPSA) is 108 Å². The number of esters is 2. The number of hydrogen-bond acceptors (Lipinski definition) is 10. The van der Waals surface area contributed by atoms with Crippen molar-refractivity contribution in [3.63, 3.8) is 0 Å². The fraction of sp³-hybridized carbons (Fsp3) is 0.263. The first-order valence-corrected chi connectivity index (χ1v) is 16.9. The van der Waals surface area contributed by atoms with E-state index in [9.17, 15) is 9.59 Å². The molecule has 11 heteroatoms. The number of fused-ring (bicyclic) bond motifs is 1. The van der Waals surface area contributed by atoms with E-state index in [1.54, 1.807) is 66.9 Å². The van der Waals surface area contributed by atoms with Gasteiger partial charge in [-0.3, -0.25) is 5.43 Å². The molecule has 4 aromatic carbocycles. The van der Waals surface area contributed by atoms with E-state index < -0.39 is 11.9 Å². The molecular formula is C38H38ClN3O6S. The van der Waals surface area contributed by atoms with Gasteiger partial charge in [-0.1, -0.05) is 29.0 Å². The second kappa shape index (κ2) is 15.1. The van der Waals surface area contributed by atoms with Crippen molar-refractivity contribution in [1.82, 2.24) is 4.98 Å². The summed E-state index contributed by atoms with van der Waals surface area (Å²) in [6.07, 6.45) is 1.98. The number of hydrazone groups is 1. The number of nitrogens with one attached hydrogen (secondary N) is 1. The van der Waals surface area contributed by atoms with Gasteiger partial charge in [-0.2, -0.15) is 5.10 Å². The lowest BCUT2D eigenvalue weighted by Crippen LogP contribution is -2.23. The molecule has 0 unspecified atom stereocenters. The molecular weight excluding hydrogens is 662 g/mol. The van der Waals surface area contributed by atoms with Crippen LogP contribution in [0.4, 0.5) is 5.13 Å². The summed E-state index contributed by atoms with van der Waals surface area (Å²) in [5.41, 5.74) is 5.22. The number of carbonyl (C=O) groups excluding carboxylic acids is 2. The van der Waals surface area contributed by atoms with E-state index in [2.05, 4.69) is 15.5 Å². The first kappa shape index (κ1) is 35.4. The molecule has 0 atom stereocenters. The second-order valence-corrected chi connectivity index (χ2v) is 14.6. The lowest BCUT2D eigenvalue weighted by molar-refractivity contribution is 0.0508. The van der Waals surface area contributed by atoms with Crippen LogP contribution >= 0.6 is 22.9 Å². The standard InChI is InChI=1S/C38H38ClN3O6S/c1-37(2,3)47-29-13-8-25(9-14-29)34(43)45-20-19-24-7-18-32(46-35(44)26-10-15-30(16-11-26)48-38(4,5)6)27(21-24)23-40-42-36-41-31-17-12-28(39)22-33(31)49-36/h7-18,21-23H,19-20H2,1-6H3,(H,41,42)/b40-23+. The maximum atomic E-state index is 13.1. The first-order chi connectivity index (χ1) is 23.2. The SMILES string of the molecule is CC(C)(C)Oc1ccc(C(=O)OCCc2ccc(OC(=O)c3ccc(OC(C)(C)C)cc3)c(/C=N/Nc3nc4ccc(Cl)cc4s3)c2)cc1. The molecule has 254 valence electrons. The van der Waals surface area contributed by atoms with Gasteiger partial charge in [-0.15, -0.1) is 0 Å². The van der Waals surface area contributed by atoms with Crippen LogP contribution in [-0.2, 0) is 11.2 Å². The van der Waals surface area contributed by atoms with Crippen molar-refractivity contribution in [2.24, 2.45) is 5.10 Å². The lowest BCUT2D eigenvalue weighted by Gasteiger charge is -2.21. The van der Waals surface area contributed by atoms with Crippen molar-refractivity contribution in [2.75, 3.05) is 12.0 Å². The van der Waals surface area contributed by atoms with Crippen LogP contribution in [0.5, 0.6) is 17.2 Å². The molecule has 0 spiro atoms. The minimum absolute atomic E-state index is 0.143. The van der Waals surface area contributed by atoms with Gasteiger partial charge in [0.05, 0.1) is 34.2 Å². The predicted molar refractivity (Wildman–Crippen MR) is 195 cm³/mol. The van der Waals surface area contributed by atoms with Crippen molar-refractivity contribution in [3.8, 4) is 17.2 Å².